The van der Waals surface area contributed by atoms with E-state index < -0.39 is 5.54 Å². The molecule has 1 unspecified atom stereocenters. The normalized spacial score (nSPS) is 15.2. The predicted octanol–water partition coefficient (Wildman–Crippen LogP) is 0.432. The summed E-state index contributed by atoms with van der Waals surface area (Å²) >= 11 is 0. The van der Waals surface area contributed by atoms with Crippen molar-refractivity contribution in [2.45, 2.75) is 25.9 Å². The first-order valence-corrected chi connectivity index (χ1v) is 3.73. The van der Waals surface area contributed by atoms with E-state index in [4.69, 9.17) is 11.0 Å². The molecule has 0 spiro atoms. The Balaban J connectivity index is 2.72. The minimum absolute atomic E-state index is 0.428. The molecule has 0 bridgehead atoms. The highest BCUT2D eigenvalue weighted by Crippen LogP contribution is 2.02. The fourth-order valence-electron chi connectivity index (χ4n) is 0.925. The number of nitriles is 1. The monoisotopic (exact) mass is 164 g/mol. The van der Waals surface area contributed by atoms with E-state index in [1.54, 1.807) is 17.8 Å². The van der Waals surface area contributed by atoms with Gasteiger partial charge in [0.15, 0.2) is 0 Å². The lowest BCUT2D eigenvalue weighted by Crippen LogP contribution is -2.39. The van der Waals surface area contributed by atoms with E-state index in [0.717, 1.165) is 5.56 Å². The minimum Gasteiger partial charge on any atom is -0.312 e. The van der Waals surface area contributed by atoms with Crippen molar-refractivity contribution in [3.05, 3.63) is 18.0 Å². The Labute approximate surface area is 71.6 Å². The van der Waals surface area contributed by atoms with Gasteiger partial charge in [-0.1, -0.05) is 0 Å². The first-order chi connectivity index (χ1) is 5.53. The fourth-order valence-corrected chi connectivity index (χ4v) is 0.925. The van der Waals surface area contributed by atoms with Gasteiger partial charge < -0.3 is 5.73 Å². The molecule has 1 atom stereocenters. The molecule has 0 aromatic carbocycles. The van der Waals surface area contributed by atoms with Gasteiger partial charge in [-0.25, -0.2) is 0 Å². The van der Waals surface area contributed by atoms with E-state index in [0.29, 0.717) is 6.54 Å². The van der Waals surface area contributed by atoms with Gasteiger partial charge in [0, 0.05) is 6.20 Å². The van der Waals surface area contributed by atoms with Crippen LogP contribution in [0.5, 0.6) is 0 Å². The van der Waals surface area contributed by atoms with Crippen molar-refractivity contribution in [3.8, 4) is 6.07 Å². The number of rotatable bonds is 2. The quantitative estimate of drug-likeness (QED) is 0.689. The van der Waals surface area contributed by atoms with Crippen molar-refractivity contribution in [1.82, 2.24) is 9.78 Å². The smallest absolute Gasteiger partial charge is 0.121 e. The molecule has 0 aliphatic carbocycles. The van der Waals surface area contributed by atoms with Gasteiger partial charge >= 0.3 is 0 Å². The van der Waals surface area contributed by atoms with Gasteiger partial charge in [0.25, 0.3) is 0 Å². The molecule has 1 aromatic heterocycles. The highest BCUT2D eigenvalue weighted by Gasteiger charge is 2.17. The Morgan fingerprint density at radius 2 is 2.50 bits per heavy atom. The van der Waals surface area contributed by atoms with Gasteiger partial charge in [-0.15, -0.1) is 0 Å². The van der Waals surface area contributed by atoms with Gasteiger partial charge in [0.05, 0.1) is 18.8 Å². The van der Waals surface area contributed by atoms with Crippen molar-refractivity contribution < 1.29 is 0 Å². The van der Waals surface area contributed by atoms with Gasteiger partial charge in [-0.05, 0) is 19.4 Å². The molecule has 2 N–H and O–H groups in total. The minimum atomic E-state index is -0.835. The summed E-state index contributed by atoms with van der Waals surface area (Å²) in [5, 5.41) is 12.7. The summed E-state index contributed by atoms with van der Waals surface area (Å²) in [5.41, 5.74) is 5.87. The van der Waals surface area contributed by atoms with Gasteiger partial charge in [-0.3, -0.25) is 4.68 Å². The number of aromatic nitrogens is 2. The Hall–Kier alpha value is -1.34. The Morgan fingerprint density at radius 1 is 1.83 bits per heavy atom. The molecular weight excluding hydrogens is 152 g/mol. The summed E-state index contributed by atoms with van der Waals surface area (Å²) < 4.78 is 1.68. The predicted molar refractivity (Wildman–Crippen MR) is 45.2 cm³/mol. The molecule has 4 nitrogen and oxygen atoms in total. The zero-order chi connectivity index (χ0) is 9.19. The molecule has 12 heavy (non-hydrogen) atoms. The second kappa shape index (κ2) is 2.95. The van der Waals surface area contributed by atoms with Crippen LogP contribution in [-0.2, 0) is 6.54 Å². The third-order valence-electron chi connectivity index (χ3n) is 1.51. The first-order valence-electron chi connectivity index (χ1n) is 3.73. The van der Waals surface area contributed by atoms with Crippen LogP contribution in [0.25, 0.3) is 0 Å². The third kappa shape index (κ3) is 2.07. The Morgan fingerprint density at radius 3 is 2.92 bits per heavy atom. The second-order valence-electron chi connectivity index (χ2n) is 3.24. The molecule has 0 radical (unpaired) electrons. The largest absolute Gasteiger partial charge is 0.312 e. The van der Waals surface area contributed by atoms with Crippen molar-refractivity contribution in [3.63, 3.8) is 0 Å². The number of nitrogens with two attached hydrogens (primary N) is 1. The van der Waals surface area contributed by atoms with Crippen LogP contribution >= 0.6 is 0 Å². The molecule has 0 saturated carbocycles. The fraction of sp³-hybridized carbons (Fsp3) is 0.500. The maximum atomic E-state index is 8.65. The molecule has 0 saturated heterocycles. The lowest BCUT2D eigenvalue weighted by molar-refractivity contribution is 0.459. The summed E-state index contributed by atoms with van der Waals surface area (Å²) in [5.74, 6) is 0. The highest BCUT2D eigenvalue weighted by molar-refractivity contribution is 5.04. The van der Waals surface area contributed by atoms with Crippen LogP contribution in [0.3, 0.4) is 0 Å². The summed E-state index contributed by atoms with van der Waals surface area (Å²) in [7, 11) is 0. The van der Waals surface area contributed by atoms with Crippen LogP contribution in [0.4, 0.5) is 0 Å². The lowest BCUT2D eigenvalue weighted by atomic mass is 10.1. The number of hydrogen-bond acceptors (Lipinski definition) is 3. The average Bonchev–Trinajstić information content (AvgIpc) is 2.35. The van der Waals surface area contributed by atoms with Crippen molar-refractivity contribution in [2.24, 2.45) is 5.73 Å². The van der Waals surface area contributed by atoms with E-state index in [-0.39, 0.29) is 0 Å². The second-order valence-corrected chi connectivity index (χ2v) is 3.24. The van der Waals surface area contributed by atoms with Crippen molar-refractivity contribution in [2.75, 3.05) is 0 Å². The lowest BCUT2D eigenvalue weighted by Gasteiger charge is -2.14. The van der Waals surface area contributed by atoms with Crippen LogP contribution in [0.2, 0.25) is 0 Å². The topological polar surface area (TPSA) is 67.6 Å². The average molecular weight is 164 g/mol. The van der Waals surface area contributed by atoms with Crippen LogP contribution in [0.1, 0.15) is 12.5 Å². The zero-order valence-electron chi connectivity index (χ0n) is 7.28. The summed E-state index contributed by atoms with van der Waals surface area (Å²) in [6.07, 6.45) is 3.61. The number of hydrogen-bond donors (Lipinski definition) is 1. The van der Waals surface area contributed by atoms with E-state index >= 15 is 0 Å². The molecule has 0 aliphatic rings. The SMILES string of the molecule is Cc1cnn(CC(C)(N)C#N)c1. The molecule has 0 amide bonds. The molecule has 64 valence electrons. The highest BCUT2D eigenvalue weighted by atomic mass is 15.3. The number of nitrogens with zero attached hydrogens (tertiary/aromatic N) is 3. The van der Waals surface area contributed by atoms with Gasteiger partial charge in [-0.2, -0.15) is 10.4 Å². The molecule has 1 heterocycles. The standard InChI is InChI=1S/C8H12N4/c1-7-3-11-12(4-7)6-8(2,10)5-9/h3-4H,6,10H2,1-2H3. The van der Waals surface area contributed by atoms with Crippen LogP contribution in [0.15, 0.2) is 12.4 Å². The molecule has 1 rings (SSSR count). The first kappa shape index (κ1) is 8.75. The summed E-state index contributed by atoms with van der Waals surface area (Å²) in [6.45, 7) is 4.06. The molecule has 0 aliphatic heterocycles. The Bertz CT molecular complexity index is 305. The van der Waals surface area contributed by atoms with E-state index in [1.165, 1.54) is 0 Å². The van der Waals surface area contributed by atoms with Gasteiger partial charge in [0.1, 0.15) is 5.54 Å². The maximum absolute atomic E-state index is 8.65. The van der Waals surface area contributed by atoms with Gasteiger partial charge in [0.2, 0.25) is 0 Å². The van der Waals surface area contributed by atoms with Crippen molar-refractivity contribution in [1.29, 1.82) is 5.26 Å². The van der Waals surface area contributed by atoms with E-state index in [9.17, 15) is 0 Å². The van der Waals surface area contributed by atoms with Crippen LogP contribution in [-0.4, -0.2) is 15.3 Å². The molecular formula is C8H12N4. The number of aryl methyl sites for hydroxylation is 1. The summed E-state index contributed by atoms with van der Waals surface area (Å²) in [4.78, 5) is 0. The summed E-state index contributed by atoms with van der Waals surface area (Å²) in [6, 6.07) is 2.02. The zero-order valence-corrected chi connectivity index (χ0v) is 7.28. The molecule has 1 aromatic rings. The maximum Gasteiger partial charge on any atom is 0.121 e. The van der Waals surface area contributed by atoms with Crippen LogP contribution in [0, 0.1) is 18.3 Å². The van der Waals surface area contributed by atoms with E-state index in [2.05, 4.69) is 5.10 Å². The Kier molecular flexibility index (Phi) is 2.15. The molecule has 4 heteroatoms. The third-order valence-corrected chi connectivity index (χ3v) is 1.51. The van der Waals surface area contributed by atoms with Crippen LogP contribution < -0.4 is 5.73 Å². The van der Waals surface area contributed by atoms with E-state index in [1.807, 2.05) is 19.2 Å². The van der Waals surface area contributed by atoms with Crippen molar-refractivity contribution >= 4 is 0 Å². The molecule has 0 fully saturated rings.